The van der Waals surface area contributed by atoms with Gasteiger partial charge in [0.25, 0.3) is 0 Å². The first-order valence-electron chi connectivity index (χ1n) is 2.69. The summed E-state index contributed by atoms with van der Waals surface area (Å²) in [5.41, 5.74) is 1.27. The van der Waals surface area contributed by atoms with E-state index in [1.807, 2.05) is 0 Å². The van der Waals surface area contributed by atoms with Crippen LogP contribution in [0.1, 0.15) is 11.1 Å². The molecule has 0 aromatic carbocycles. The van der Waals surface area contributed by atoms with Gasteiger partial charge in [-0.25, -0.2) is 8.42 Å². The van der Waals surface area contributed by atoms with Gasteiger partial charge < -0.3 is 4.42 Å². The lowest BCUT2D eigenvalue weighted by atomic mass is 10.2. The molecule has 0 spiro atoms. The summed E-state index contributed by atoms with van der Waals surface area (Å²) in [6.45, 7) is 3.57. The molecule has 0 saturated heterocycles. The third-order valence-corrected chi connectivity index (χ3v) is 1.73. The van der Waals surface area contributed by atoms with E-state index in [0.29, 0.717) is 11.1 Å². The largest absolute Gasteiger partial charge is 0.472 e. The van der Waals surface area contributed by atoms with E-state index in [-0.39, 0.29) is 5.75 Å². The molecule has 4 heteroatoms. The van der Waals surface area contributed by atoms with Crippen molar-refractivity contribution in [2.45, 2.75) is 5.75 Å². The molecule has 3 nitrogen and oxygen atoms in total. The molecule has 0 aliphatic rings. The van der Waals surface area contributed by atoms with Gasteiger partial charge in [-0.2, -0.15) is 0 Å². The van der Waals surface area contributed by atoms with Crippen molar-refractivity contribution in [3.63, 3.8) is 0 Å². The quantitative estimate of drug-likeness (QED) is 0.642. The standard InChI is InChI=1S/C6H7O3S/c1-5-2-9-3-6(5)4-10(7)8/h2-3,10H,1,4H2. The van der Waals surface area contributed by atoms with Gasteiger partial charge in [-0.05, 0) is 12.5 Å². The Morgan fingerprint density at radius 2 is 2.20 bits per heavy atom. The Kier molecular flexibility index (Phi) is 2.11. The Morgan fingerprint density at radius 3 is 2.60 bits per heavy atom. The fourth-order valence-corrected chi connectivity index (χ4v) is 1.18. The van der Waals surface area contributed by atoms with Crippen LogP contribution >= 0.6 is 0 Å². The van der Waals surface area contributed by atoms with Crippen LogP contribution in [0.25, 0.3) is 0 Å². The lowest BCUT2D eigenvalue weighted by molar-refractivity contribution is 0.563. The number of hydrogen-bond donors (Lipinski definition) is 1. The Hall–Kier alpha value is -0.770. The summed E-state index contributed by atoms with van der Waals surface area (Å²) >= 11 is 0. The van der Waals surface area contributed by atoms with Crippen molar-refractivity contribution in [3.8, 4) is 0 Å². The molecule has 0 saturated carbocycles. The predicted octanol–water partition coefficient (Wildman–Crippen LogP) is 0.573. The van der Waals surface area contributed by atoms with E-state index < -0.39 is 10.7 Å². The third kappa shape index (κ3) is 1.60. The Bertz CT molecular complexity index is 277. The summed E-state index contributed by atoms with van der Waals surface area (Å²) in [6, 6.07) is 0. The Balaban J connectivity index is 2.84. The molecule has 1 radical (unpaired) electrons. The molecule has 0 N–H and O–H groups in total. The fraction of sp³-hybridized carbons (Fsp3) is 0.167. The van der Waals surface area contributed by atoms with Gasteiger partial charge in [-0.3, -0.25) is 0 Å². The predicted molar refractivity (Wildman–Crippen MR) is 37.2 cm³/mol. The molecule has 0 unspecified atom stereocenters. The molecule has 0 atom stereocenters. The summed E-state index contributed by atoms with van der Waals surface area (Å²) in [5, 5.41) is 0. The average Bonchev–Trinajstić information content (AvgIpc) is 2.15. The van der Waals surface area contributed by atoms with E-state index in [9.17, 15) is 8.42 Å². The molecule has 0 aliphatic heterocycles. The van der Waals surface area contributed by atoms with Gasteiger partial charge in [0.15, 0.2) is 0 Å². The highest BCUT2D eigenvalue weighted by Crippen LogP contribution is 2.08. The molecular weight excluding hydrogens is 152 g/mol. The first-order valence-corrected chi connectivity index (χ1v) is 4.05. The zero-order valence-corrected chi connectivity index (χ0v) is 6.14. The van der Waals surface area contributed by atoms with Crippen LogP contribution in [-0.4, -0.2) is 8.42 Å². The minimum Gasteiger partial charge on any atom is -0.472 e. The van der Waals surface area contributed by atoms with Crippen LogP contribution in [0.3, 0.4) is 0 Å². The zero-order valence-electron chi connectivity index (χ0n) is 5.24. The van der Waals surface area contributed by atoms with Crippen molar-refractivity contribution in [2.75, 3.05) is 0 Å². The lowest BCUT2D eigenvalue weighted by Crippen LogP contribution is -1.85. The highest BCUT2D eigenvalue weighted by atomic mass is 32.2. The van der Waals surface area contributed by atoms with Crippen LogP contribution in [0.4, 0.5) is 0 Å². The molecule has 0 aliphatic carbocycles. The fourth-order valence-electron chi connectivity index (χ4n) is 0.628. The number of rotatable bonds is 2. The smallest absolute Gasteiger partial charge is 0.144 e. The highest BCUT2D eigenvalue weighted by molar-refractivity contribution is 7.71. The van der Waals surface area contributed by atoms with Crippen molar-refractivity contribution >= 4 is 10.7 Å². The zero-order chi connectivity index (χ0) is 7.56. The van der Waals surface area contributed by atoms with E-state index in [2.05, 4.69) is 6.92 Å². The maximum atomic E-state index is 10.2. The summed E-state index contributed by atoms with van der Waals surface area (Å²) in [4.78, 5) is 0. The van der Waals surface area contributed by atoms with Gasteiger partial charge in [-0.1, -0.05) is 0 Å². The number of furan rings is 1. The van der Waals surface area contributed by atoms with Crippen LogP contribution in [0.15, 0.2) is 16.9 Å². The summed E-state index contributed by atoms with van der Waals surface area (Å²) < 4.78 is 25.1. The van der Waals surface area contributed by atoms with Crippen LogP contribution in [0.2, 0.25) is 0 Å². The molecule has 55 valence electrons. The van der Waals surface area contributed by atoms with Crippen LogP contribution < -0.4 is 0 Å². The van der Waals surface area contributed by atoms with Gasteiger partial charge in [-0.15, -0.1) is 0 Å². The van der Waals surface area contributed by atoms with Gasteiger partial charge in [0.1, 0.15) is 10.7 Å². The van der Waals surface area contributed by atoms with E-state index in [4.69, 9.17) is 4.42 Å². The molecule has 1 aromatic heterocycles. The highest BCUT2D eigenvalue weighted by Gasteiger charge is 2.00. The first kappa shape index (κ1) is 7.34. The topological polar surface area (TPSA) is 47.3 Å². The van der Waals surface area contributed by atoms with Crippen molar-refractivity contribution in [3.05, 3.63) is 30.6 Å². The maximum Gasteiger partial charge on any atom is 0.144 e. The van der Waals surface area contributed by atoms with Crippen LogP contribution in [0, 0.1) is 6.92 Å². The molecule has 0 bridgehead atoms. The van der Waals surface area contributed by atoms with Crippen molar-refractivity contribution in [1.29, 1.82) is 0 Å². The maximum absolute atomic E-state index is 10.2. The minimum atomic E-state index is -2.37. The monoisotopic (exact) mass is 159 g/mol. The molecule has 1 rings (SSSR count). The number of hydrogen-bond acceptors (Lipinski definition) is 3. The van der Waals surface area contributed by atoms with E-state index in [0.717, 1.165) is 0 Å². The van der Waals surface area contributed by atoms with E-state index >= 15 is 0 Å². The Labute approximate surface area is 60.6 Å². The third-order valence-electron chi connectivity index (χ3n) is 1.13. The molecule has 0 amide bonds. The van der Waals surface area contributed by atoms with Crippen molar-refractivity contribution in [2.24, 2.45) is 0 Å². The van der Waals surface area contributed by atoms with Gasteiger partial charge in [0.2, 0.25) is 0 Å². The van der Waals surface area contributed by atoms with E-state index in [1.165, 1.54) is 12.5 Å². The van der Waals surface area contributed by atoms with Crippen molar-refractivity contribution < 1.29 is 12.8 Å². The molecule has 1 aromatic rings. The van der Waals surface area contributed by atoms with Crippen LogP contribution in [-0.2, 0) is 16.5 Å². The lowest BCUT2D eigenvalue weighted by Gasteiger charge is -1.85. The van der Waals surface area contributed by atoms with Crippen LogP contribution in [0.5, 0.6) is 0 Å². The molecule has 0 fully saturated rings. The second kappa shape index (κ2) is 2.88. The van der Waals surface area contributed by atoms with Gasteiger partial charge in [0, 0.05) is 5.56 Å². The van der Waals surface area contributed by atoms with Gasteiger partial charge in [0.05, 0.1) is 18.3 Å². The Morgan fingerprint density at radius 1 is 1.50 bits per heavy atom. The molecule has 10 heavy (non-hydrogen) atoms. The first-order chi connectivity index (χ1) is 4.70. The number of thiol groups is 1. The second-order valence-corrected chi connectivity index (χ2v) is 2.89. The summed E-state index contributed by atoms with van der Waals surface area (Å²) in [7, 11) is -2.37. The van der Waals surface area contributed by atoms with Crippen molar-refractivity contribution in [1.82, 2.24) is 0 Å². The molecule has 1 heterocycles. The van der Waals surface area contributed by atoms with E-state index in [1.54, 1.807) is 0 Å². The SMILES string of the molecule is [CH2]c1cocc1C[SH](=O)=O. The van der Waals surface area contributed by atoms with Gasteiger partial charge >= 0.3 is 0 Å². The second-order valence-electron chi connectivity index (χ2n) is 1.91. The average molecular weight is 159 g/mol. The summed E-state index contributed by atoms with van der Waals surface area (Å²) in [6.07, 6.45) is 2.82. The molecular formula is C6H7O3S. The minimum absolute atomic E-state index is 0.0185. The normalized spacial score (nSPS) is 10.6. The summed E-state index contributed by atoms with van der Waals surface area (Å²) in [5.74, 6) is 0.0185.